The number of aromatic nitrogens is 1. The van der Waals surface area contributed by atoms with Crippen molar-refractivity contribution in [2.24, 2.45) is 5.10 Å². The van der Waals surface area contributed by atoms with Gasteiger partial charge in [0.05, 0.1) is 23.0 Å². The Morgan fingerprint density at radius 2 is 1.74 bits per heavy atom. The molecule has 1 heterocycles. The number of anilines is 1. The first-order valence-corrected chi connectivity index (χ1v) is 8.34. The maximum absolute atomic E-state index is 12.4. The van der Waals surface area contributed by atoms with Gasteiger partial charge in [0.2, 0.25) is 0 Å². The zero-order valence-corrected chi connectivity index (χ0v) is 14.7. The van der Waals surface area contributed by atoms with Gasteiger partial charge >= 0.3 is 0 Å². The third kappa shape index (κ3) is 4.85. The Morgan fingerprint density at radius 3 is 2.48 bits per heavy atom. The van der Waals surface area contributed by atoms with Crippen LogP contribution in [0.5, 0.6) is 0 Å². The molecule has 6 nitrogen and oxygen atoms in total. The van der Waals surface area contributed by atoms with Crippen LogP contribution in [0.25, 0.3) is 0 Å². The molecule has 0 unspecified atom stereocenters. The fourth-order valence-corrected chi connectivity index (χ4v) is 2.36. The minimum Gasteiger partial charge on any atom is -0.321 e. The lowest BCUT2D eigenvalue weighted by Gasteiger charge is -2.09. The highest BCUT2D eigenvalue weighted by Crippen LogP contribution is 2.16. The highest BCUT2D eigenvalue weighted by Gasteiger charge is 2.13. The Morgan fingerprint density at radius 1 is 0.963 bits per heavy atom. The van der Waals surface area contributed by atoms with E-state index in [2.05, 4.69) is 20.8 Å². The Hall–Kier alpha value is -3.80. The zero-order chi connectivity index (χ0) is 19.1. The summed E-state index contributed by atoms with van der Waals surface area (Å²) in [5, 5.41) is 6.71. The number of hydrogen-bond donors (Lipinski definition) is 2. The fraction of sp³-hybridized carbons (Fsp3) is 0.0476. The van der Waals surface area contributed by atoms with Crippen LogP contribution >= 0.6 is 0 Å². The number of hydrazone groups is 1. The number of nitrogens with zero attached hydrogens (tertiary/aromatic N) is 2. The van der Waals surface area contributed by atoms with Gasteiger partial charge in [-0.3, -0.25) is 14.6 Å². The summed E-state index contributed by atoms with van der Waals surface area (Å²) in [6.45, 7) is 2.00. The van der Waals surface area contributed by atoms with E-state index >= 15 is 0 Å². The van der Waals surface area contributed by atoms with E-state index in [1.54, 1.807) is 48.8 Å². The Bertz CT molecular complexity index is 967. The summed E-state index contributed by atoms with van der Waals surface area (Å²) in [7, 11) is 0. The number of carbonyl (C=O) groups excluding carboxylic acids is 2. The number of aryl methyl sites for hydroxylation is 1. The summed E-state index contributed by atoms with van der Waals surface area (Å²) in [4.78, 5) is 28.7. The third-order valence-electron chi connectivity index (χ3n) is 3.80. The SMILES string of the molecule is Cc1ccc(C=NNC(=O)c2ccccc2NC(=O)c2cccnc2)cc1. The normalized spacial score (nSPS) is 10.6. The number of amides is 2. The molecule has 0 aliphatic rings. The van der Waals surface area contributed by atoms with Crippen LogP contribution in [0.1, 0.15) is 31.8 Å². The van der Waals surface area contributed by atoms with E-state index < -0.39 is 5.91 Å². The first kappa shape index (κ1) is 18.0. The van der Waals surface area contributed by atoms with E-state index in [4.69, 9.17) is 0 Å². The summed E-state index contributed by atoms with van der Waals surface area (Å²) in [5.41, 5.74) is 5.62. The number of para-hydroxylation sites is 1. The summed E-state index contributed by atoms with van der Waals surface area (Å²) < 4.78 is 0. The summed E-state index contributed by atoms with van der Waals surface area (Å²) >= 11 is 0. The maximum Gasteiger partial charge on any atom is 0.273 e. The van der Waals surface area contributed by atoms with Crippen LogP contribution in [-0.4, -0.2) is 23.0 Å². The van der Waals surface area contributed by atoms with Crippen molar-refractivity contribution in [1.82, 2.24) is 10.4 Å². The molecule has 2 aromatic carbocycles. The van der Waals surface area contributed by atoms with Crippen LogP contribution in [0, 0.1) is 6.92 Å². The van der Waals surface area contributed by atoms with Crippen molar-refractivity contribution in [3.05, 3.63) is 95.3 Å². The first-order valence-electron chi connectivity index (χ1n) is 8.34. The topological polar surface area (TPSA) is 83.5 Å². The molecule has 0 saturated heterocycles. The molecule has 27 heavy (non-hydrogen) atoms. The first-order chi connectivity index (χ1) is 13.1. The van der Waals surface area contributed by atoms with Crippen LogP contribution in [0.3, 0.4) is 0 Å². The van der Waals surface area contributed by atoms with Crippen molar-refractivity contribution in [2.75, 3.05) is 5.32 Å². The van der Waals surface area contributed by atoms with Crippen molar-refractivity contribution in [1.29, 1.82) is 0 Å². The molecule has 2 N–H and O–H groups in total. The number of pyridine rings is 1. The van der Waals surface area contributed by atoms with Crippen molar-refractivity contribution >= 4 is 23.7 Å². The second-order valence-electron chi connectivity index (χ2n) is 5.85. The molecule has 0 saturated carbocycles. The molecule has 0 bridgehead atoms. The zero-order valence-electron chi connectivity index (χ0n) is 14.7. The third-order valence-corrected chi connectivity index (χ3v) is 3.80. The second kappa shape index (κ2) is 8.53. The average molecular weight is 358 g/mol. The van der Waals surface area contributed by atoms with E-state index in [-0.39, 0.29) is 5.91 Å². The molecule has 6 heteroatoms. The Labute approximate surface area is 157 Å². The summed E-state index contributed by atoms with van der Waals surface area (Å²) in [6.07, 6.45) is 4.61. The molecule has 0 aliphatic carbocycles. The molecular weight excluding hydrogens is 340 g/mol. The van der Waals surface area contributed by atoms with E-state index in [0.717, 1.165) is 11.1 Å². The van der Waals surface area contributed by atoms with Gasteiger partial charge in [0.15, 0.2) is 0 Å². The number of hydrogen-bond acceptors (Lipinski definition) is 4. The fourth-order valence-electron chi connectivity index (χ4n) is 2.36. The van der Waals surface area contributed by atoms with E-state index in [9.17, 15) is 9.59 Å². The molecule has 0 fully saturated rings. The molecule has 3 aromatic rings. The highest BCUT2D eigenvalue weighted by molar-refractivity contribution is 6.08. The summed E-state index contributed by atoms with van der Waals surface area (Å²) in [5.74, 6) is -0.757. The van der Waals surface area contributed by atoms with Gasteiger partial charge in [-0.15, -0.1) is 0 Å². The lowest BCUT2D eigenvalue weighted by molar-refractivity contribution is 0.0956. The average Bonchev–Trinajstić information content (AvgIpc) is 2.70. The lowest BCUT2D eigenvalue weighted by Crippen LogP contribution is -2.21. The predicted molar refractivity (Wildman–Crippen MR) is 105 cm³/mol. The van der Waals surface area contributed by atoms with Crippen molar-refractivity contribution < 1.29 is 9.59 Å². The van der Waals surface area contributed by atoms with Crippen LogP contribution in [0.15, 0.2) is 78.2 Å². The smallest absolute Gasteiger partial charge is 0.273 e. The van der Waals surface area contributed by atoms with E-state index in [1.165, 1.54) is 6.20 Å². The summed E-state index contributed by atoms with van der Waals surface area (Å²) in [6, 6.07) is 17.8. The number of rotatable bonds is 5. The molecule has 1 aromatic heterocycles. The molecule has 0 atom stereocenters. The minimum atomic E-state index is -0.416. The van der Waals surface area contributed by atoms with Crippen LogP contribution in [-0.2, 0) is 0 Å². The second-order valence-corrected chi connectivity index (χ2v) is 5.85. The number of benzene rings is 2. The van der Waals surface area contributed by atoms with Crippen molar-refractivity contribution in [2.45, 2.75) is 6.92 Å². The van der Waals surface area contributed by atoms with Gasteiger partial charge < -0.3 is 5.32 Å². The molecule has 0 aliphatic heterocycles. The quantitative estimate of drug-likeness (QED) is 0.541. The van der Waals surface area contributed by atoms with Gasteiger partial charge in [-0.25, -0.2) is 5.43 Å². The van der Waals surface area contributed by atoms with Gasteiger partial charge in [0.1, 0.15) is 0 Å². The van der Waals surface area contributed by atoms with Gasteiger partial charge in [0.25, 0.3) is 11.8 Å². The molecule has 2 amide bonds. The predicted octanol–water partition coefficient (Wildman–Crippen LogP) is 3.41. The van der Waals surface area contributed by atoms with Gasteiger partial charge in [-0.05, 0) is 36.8 Å². The van der Waals surface area contributed by atoms with E-state index in [1.807, 2.05) is 31.2 Å². The van der Waals surface area contributed by atoms with Gasteiger partial charge in [-0.2, -0.15) is 5.10 Å². The number of nitrogens with one attached hydrogen (secondary N) is 2. The largest absolute Gasteiger partial charge is 0.321 e. The maximum atomic E-state index is 12.4. The lowest BCUT2D eigenvalue weighted by atomic mass is 10.1. The molecule has 0 spiro atoms. The number of carbonyl (C=O) groups is 2. The van der Waals surface area contributed by atoms with Crippen LogP contribution in [0.4, 0.5) is 5.69 Å². The molecule has 0 radical (unpaired) electrons. The molecular formula is C21H18N4O2. The Kier molecular flexibility index (Phi) is 5.69. The highest BCUT2D eigenvalue weighted by atomic mass is 16.2. The standard InChI is InChI=1S/C21H18N4O2/c1-15-8-10-16(11-9-15)13-23-25-21(27)18-6-2-3-7-19(18)24-20(26)17-5-4-12-22-14-17/h2-14H,1H3,(H,24,26)(H,25,27). The van der Waals surface area contributed by atoms with Crippen molar-refractivity contribution in [3.8, 4) is 0 Å². The Balaban J connectivity index is 1.70. The van der Waals surface area contributed by atoms with E-state index in [0.29, 0.717) is 16.8 Å². The van der Waals surface area contributed by atoms with Gasteiger partial charge in [0, 0.05) is 12.4 Å². The minimum absolute atomic E-state index is 0.316. The molecule has 134 valence electrons. The molecule has 3 rings (SSSR count). The van der Waals surface area contributed by atoms with Crippen LogP contribution < -0.4 is 10.7 Å². The van der Waals surface area contributed by atoms with Crippen LogP contribution in [0.2, 0.25) is 0 Å². The van der Waals surface area contributed by atoms with Crippen molar-refractivity contribution in [3.63, 3.8) is 0 Å². The van der Waals surface area contributed by atoms with Gasteiger partial charge in [-0.1, -0.05) is 42.0 Å². The monoisotopic (exact) mass is 358 g/mol.